The summed E-state index contributed by atoms with van der Waals surface area (Å²) in [5.41, 5.74) is 4.66. The van der Waals surface area contributed by atoms with E-state index in [2.05, 4.69) is 20.8 Å². The van der Waals surface area contributed by atoms with Crippen molar-refractivity contribution in [3.05, 3.63) is 100 Å². The second-order valence-corrected chi connectivity index (χ2v) is 9.75. The van der Waals surface area contributed by atoms with E-state index in [1.54, 1.807) is 27.3 Å². The molecule has 0 amide bonds. The normalized spacial score (nSPS) is 11.2. The first-order chi connectivity index (χ1) is 17.7. The van der Waals surface area contributed by atoms with Crippen molar-refractivity contribution >= 4 is 35.0 Å². The van der Waals surface area contributed by atoms with Crippen molar-refractivity contribution in [1.29, 1.82) is 0 Å². The molecule has 0 atom stereocenters. The topological polar surface area (TPSA) is 86.3 Å². The zero-order chi connectivity index (χ0) is 24.7. The van der Waals surface area contributed by atoms with Crippen LogP contribution in [0, 0.1) is 0 Å². The summed E-state index contributed by atoms with van der Waals surface area (Å²) in [5.74, 6) is 0.797. The molecule has 0 aliphatic heterocycles. The lowest BCUT2D eigenvalue weighted by atomic mass is 10.1. The van der Waals surface area contributed by atoms with E-state index in [4.69, 9.17) is 33.4 Å². The largest absolute Gasteiger partial charge is 0.310 e. The minimum absolute atomic E-state index is 0.495. The third-order valence-electron chi connectivity index (χ3n) is 5.32. The first-order valence-corrected chi connectivity index (χ1v) is 13.0. The predicted octanol–water partition coefficient (Wildman–Crippen LogP) is 5.16. The molecule has 2 heterocycles. The van der Waals surface area contributed by atoms with Gasteiger partial charge in [0.1, 0.15) is 11.4 Å². The Kier molecular flexibility index (Phi) is 7.92. The van der Waals surface area contributed by atoms with Gasteiger partial charge >= 0.3 is 0 Å². The SMILES string of the molecule is Clc1ccc(Cn2nc(CNCCSc3nnnn3-c3ccccc3)c(-c3ccccc3)n2)cc1Cl. The maximum absolute atomic E-state index is 6.18. The Morgan fingerprint density at radius 2 is 1.64 bits per heavy atom. The molecule has 5 aromatic rings. The van der Waals surface area contributed by atoms with Gasteiger partial charge in [-0.05, 0) is 40.3 Å². The van der Waals surface area contributed by atoms with Crippen LogP contribution in [0.1, 0.15) is 11.3 Å². The molecule has 11 heteroatoms. The van der Waals surface area contributed by atoms with Gasteiger partial charge in [-0.2, -0.15) is 19.7 Å². The van der Waals surface area contributed by atoms with Crippen LogP contribution >= 0.6 is 35.0 Å². The van der Waals surface area contributed by atoms with E-state index in [0.717, 1.165) is 45.7 Å². The molecule has 0 aliphatic carbocycles. The molecule has 0 fully saturated rings. The molecule has 5 rings (SSSR count). The lowest BCUT2D eigenvalue weighted by Crippen LogP contribution is -2.18. The number of hydrogen-bond acceptors (Lipinski definition) is 7. The standard InChI is InChI=1S/C25H22Cl2N8S/c26-21-12-11-18(15-22(21)27)17-34-30-23(24(31-34)19-7-3-1-4-8-19)16-28-13-14-36-25-29-32-33-35(25)20-9-5-2-6-10-20/h1-12,15,28H,13-14,16-17H2. The fourth-order valence-corrected chi connectivity index (χ4v) is 4.72. The molecule has 0 unspecified atom stereocenters. The number of para-hydroxylation sites is 1. The Balaban J connectivity index is 1.23. The summed E-state index contributed by atoms with van der Waals surface area (Å²) in [6.45, 7) is 1.82. The van der Waals surface area contributed by atoms with Gasteiger partial charge < -0.3 is 5.32 Å². The summed E-state index contributed by atoms with van der Waals surface area (Å²) in [5, 5.41) is 26.9. The second kappa shape index (κ2) is 11.7. The first-order valence-electron chi connectivity index (χ1n) is 11.3. The Labute approximate surface area is 222 Å². The van der Waals surface area contributed by atoms with E-state index in [0.29, 0.717) is 23.1 Å². The Morgan fingerprint density at radius 1 is 0.861 bits per heavy atom. The van der Waals surface area contributed by atoms with Gasteiger partial charge in [0.05, 0.1) is 22.3 Å². The van der Waals surface area contributed by atoms with Crippen LogP contribution in [-0.2, 0) is 13.1 Å². The highest BCUT2D eigenvalue weighted by atomic mass is 35.5. The average molecular weight is 537 g/mol. The summed E-state index contributed by atoms with van der Waals surface area (Å²) in [6, 6.07) is 25.5. The first kappa shape index (κ1) is 24.5. The Hall–Kier alpha value is -3.24. The third-order valence-corrected chi connectivity index (χ3v) is 6.98. The summed E-state index contributed by atoms with van der Waals surface area (Å²) in [6.07, 6.45) is 0. The summed E-state index contributed by atoms with van der Waals surface area (Å²) in [4.78, 5) is 1.70. The maximum Gasteiger partial charge on any atom is 0.214 e. The number of thioether (sulfide) groups is 1. The maximum atomic E-state index is 6.18. The molecule has 0 radical (unpaired) electrons. The van der Waals surface area contributed by atoms with Gasteiger partial charge in [0, 0.05) is 24.4 Å². The van der Waals surface area contributed by atoms with Gasteiger partial charge in [-0.3, -0.25) is 0 Å². The van der Waals surface area contributed by atoms with Crippen LogP contribution in [0.5, 0.6) is 0 Å². The molecule has 36 heavy (non-hydrogen) atoms. The second-order valence-electron chi connectivity index (χ2n) is 7.87. The molecule has 0 saturated carbocycles. The van der Waals surface area contributed by atoms with Gasteiger partial charge in [0.2, 0.25) is 5.16 Å². The summed E-state index contributed by atoms with van der Waals surface area (Å²) in [7, 11) is 0. The lowest BCUT2D eigenvalue weighted by molar-refractivity contribution is 0.579. The monoisotopic (exact) mass is 536 g/mol. The van der Waals surface area contributed by atoms with Crippen molar-refractivity contribution in [2.24, 2.45) is 0 Å². The fraction of sp³-hybridized carbons (Fsp3) is 0.160. The van der Waals surface area contributed by atoms with Gasteiger partial charge in [-0.15, -0.1) is 5.10 Å². The van der Waals surface area contributed by atoms with Gasteiger partial charge in [0.15, 0.2) is 0 Å². The number of nitrogens with zero attached hydrogens (tertiary/aromatic N) is 7. The molecular formula is C25H22Cl2N8S. The van der Waals surface area contributed by atoms with Crippen LogP contribution in [-0.4, -0.2) is 47.5 Å². The number of tetrazole rings is 1. The Bertz CT molecular complexity index is 1420. The number of aromatic nitrogens is 7. The van der Waals surface area contributed by atoms with Gasteiger partial charge in [-0.1, -0.05) is 89.6 Å². The summed E-state index contributed by atoms with van der Waals surface area (Å²) < 4.78 is 1.74. The molecule has 1 N–H and O–H groups in total. The zero-order valence-corrected chi connectivity index (χ0v) is 21.5. The van der Waals surface area contributed by atoms with Crippen LogP contribution < -0.4 is 5.32 Å². The van der Waals surface area contributed by atoms with Crippen LogP contribution in [0.15, 0.2) is 84.0 Å². The molecule has 182 valence electrons. The van der Waals surface area contributed by atoms with Crippen molar-refractivity contribution < 1.29 is 0 Å². The van der Waals surface area contributed by atoms with E-state index in [1.807, 2.05) is 72.8 Å². The molecule has 0 saturated heterocycles. The van der Waals surface area contributed by atoms with Gasteiger partial charge in [0.25, 0.3) is 0 Å². The predicted molar refractivity (Wildman–Crippen MR) is 143 cm³/mol. The molecule has 3 aromatic carbocycles. The van der Waals surface area contributed by atoms with Crippen LogP contribution in [0.3, 0.4) is 0 Å². The highest BCUT2D eigenvalue weighted by molar-refractivity contribution is 7.99. The molecule has 0 spiro atoms. The quantitative estimate of drug-likeness (QED) is 0.195. The number of benzene rings is 3. The van der Waals surface area contributed by atoms with Crippen molar-refractivity contribution in [2.75, 3.05) is 12.3 Å². The van der Waals surface area contributed by atoms with Crippen LogP contribution in [0.2, 0.25) is 10.0 Å². The molecule has 2 aromatic heterocycles. The van der Waals surface area contributed by atoms with Crippen molar-refractivity contribution in [3.8, 4) is 16.9 Å². The minimum atomic E-state index is 0.495. The number of rotatable bonds is 10. The highest BCUT2D eigenvalue weighted by Gasteiger charge is 2.14. The number of hydrogen-bond donors (Lipinski definition) is 1. The minimum Gasteiger partial charge on any atom is -0.310 e. The highest BCUT2D eigenvalue weighted by Crippen LogP contribution is 2.24. The van der Waals surface area contributed by atoms with Crippen LogP contribution in [0.25, 0.3) is 16.9 Å². The molecule has 0 bridgehead atoms. The van der Waals surface area contributed by atoms with Gasteiger partial charge in [-0.25, -0.2) is 0 Å². The number of halogens is 2. The van der Waals surface area contributed by atoms with Crippen LogP contribution in [0.4, 0.5) is 0 Å². The number of nitrogens with one attached hydrogen (secondary N) is 1. The van der Waals surface area contributed by atoms with E-state index in [-0.39, 0.29) is 0 Å². The van der Waals surface area contributed by atoms with E-state index in [9.17, 15) is 0 Å². The van der Waals surface area contributed by atoms with Crippen molar-refractivity contribution in [1.82, 2.24) is 40.5 Å². The third kappa shape index (κ3) is 5.93. The van der Waals surface area contributed by atoms with E-state index < -0.39 is 0 Å². The molecule has 0 aliphatic rings. The average Bonchev–Trinajstić information content (AvgIpc) is 3.54. The lowest BCUT2D eigenvalue weighted by Gasteiger charge is -2.05. The molecular weight excluding hydrogens is 515 g/mol. The van der Waals surface area contributed by atoms with Crippen molar-refractivity contribution in [2.45, 2.75) is 18.2 Å². The van der Waals surface area contributed by atoms with Crippen molar-refractivity contribution in [3.63, 3.8) is 0 Å². The smallest absolute Gasteiger partial charge is 0.214 e. The fourth-order valence-electron chi connectivity index (χ4n) is 3.62. The van der Waals surface area contributed by atoms with E-state index >= 15 is 0 Å². The molecule has 8 nitrogen and oxygen atoms in total. The summed E-state index contributed by atoms with van der Waals surface area (Å²) >= 11 is 13.8. The van der Waals surface area contributed by atoms with E-state index in [1.165, 1.54) is 0 Å². The Morgan fingerprint density at radius 3 is 2.42 bits per heavy atom. The zero-order valence-electron chi connectivity index (χ0n) is 19.1.